The fourth-order valence-corrected chi connectivity index (χ4v) is 2.22. The Morgan fingerprint density at radius 3 is 2.75 bits per heavy atom. The maximum Gasteiger partial charge on any atom is 0.221 e. The van der Waals surface area contributed by atoms with Gasteiger partial charge in [0.2, 0.25) is 5.91 Å². The molecule has 1 aromatic rings. The molecule has 0 saturated carbocycles. The van der Waals surface area contributed by atoms with Crippen LogP contribution in [-0.2, 0) is 16.1 Å². The van der Waals surface area contributed by atoms with Crippen molar-refractivity contribution in [2.45, 2.75) is 13.0 Å². The Labute approximate surface area is 128 Å². The van der Waals surface area contributed by atoms with Crippen LogP contribution in [0.25, 0.3) is 0 Å². The van der Waals surface area contributed by atoms with Crippen LogP contribution < -0.4 is 15.4 Å². The van der Waals surface area contributed by atoms with E-state index in [4.69, 9.17) is 9.47 Å². The van der Waals surface area contributed by atoms with Crippen LogP contribution in [0.5, 0.6) is 5.75 Å². The monoisotopic (exact) mass is 344 g/mol. The van der Waals surface area contributed by atoms with Crippen molar-refractivity contribution in [1.82, 2.24) is 10.6 Å². The number of hydrogen-bond acceptors (Lipinski definition) is 4. The summed E-state index contributed by atoms with van der Waals surface area (Å²) in [6.45, 7) is 2.45. The first kappa shape index (κ1) is 16.9. The molecule has 0 aliphatic heterocycles. The Hall–Kier alpha value is -1.11. The SMILES string of the molecule is COCCNC(=O)CCNCc1ccc(OC)c(Br)c1. The molecular formula is C14H21BrN2O3. The molecule has 6 heteroatoms. The summed E-state index contributed by atoms with van der Waals surface area (Å²) in [5, 5.41) is 6.01. The maximum atomic E-state index is 11.4. The van der Waals surface area contributed by atoms with Crippen LogP contribution in [0, 0.1) is 0 Å². The number of hydrogen-bond donors (Lipinski definition) is 2. The molecule has 0 aromatic heterocycles. The summed E-state index contributed by atoms with van der Waals surface area (Å²) >= 11 is 3.45. The van der Waals surface area contributed by atoms with E-state index in [0.29, 0.717) is 32.7 Å². The molecule has 0 unspecified atom stereocenters. The third-order valence-electron chi connectivity index (χ3n) is 2.70. The molecule has 0 spiro atoms. The van der Waals surface area contributed by atoms with Gasteiger partial charge >= 0.3 is 0 Å². The van der Waals surface area contributed by atoms with Crippen LogP contribution in [0.4, 0.5) is 0 Å². The molecule has 0 saturated heterocycles. The fourth-order valence-electron chi connectivity index (χ4n) is 1.64. The number of amides is 1. The minimum absolute atomic E-state index is 0.0328. The van der Waals surface area contributed by atoms with E-state index >= 15 is 0 Å². The van der Waals surface area contributed by atoms with Crippen LogP contribution in [0.15, 0.2) is 22.7 Å². The third-order valence-corrected chi connectivity index (χ3v) is 3.32. The highest BCUT2D eigenvalue weighted by atomic mass is 79.9. The van der Waals surface area contributed by atoms with E-state index in [1.54, 1.807) is 14.2 Å². The molecule has 20 heavy (non-hydrogen) atoms. The molecule has 2 N–H and O–H groups in total. The van der Waals surface area contributed by atoms with Gasteiger partial charge in [-0.05, 0) is 33.6 Å². The molecule has 0 atom stereocenters. The van der Waals surface area contributed by atoms with Crippen molar-refractivity contribution in [3.8, 4) is 5.75 Å². The Morgan fingerprint density at radius 1 is 1.30 bits per heavy atom. The Balaban J connectivity index is 2.21. The van der Waals surface area contributed by atoms with E-state index in [-0.39, 0.29) is 5.91 Å². The summed E-state index contributed by atoms with van der Waals surface area (Å²) in [4.78, 5) is 11.4. The summed E-state index contributed by atoms with van der Waals surface area (Å²) in [6.07, 6.45) is 0.459. The molecule has 112 valence electrons. The van der Waals surface area contributed by atoms with E-state index in [9.17, 15) is 4.79 Å². The molecule has 0 aliphatic carbocycles. The summed E-state index contributed by atoms with van der Waals surface area (Å²) in [5.74, 6) is 0.844. The summed E-state index contributed by atoms with van der Waals surface area (Å²) < 4.78 is 11.0. The summed E-state index contributed by atoms with van der Waals surface area (Å²) in [6, 6.07) is 5.91. The van der Waals surface area contributed by atoms with Gasteiger partial charge in [-0.25, -0.2) is 0 Å². The highest BCUT2D eigenvalue weighted by molar-refractivity contribution is 9.10. The fraction of sp³-hybridized carbons (Fsp3) is 0.500. The van der Waals surface area contributed by atoms with Crippen molar-refractivity contribution in [2.75, 3.05) is 33.9 Å². The van der Waals surface area contributed by atoms with Gasteiger partial charge in [0.25, 0.3) is 0 Å². The lowest BCUT2D eigenvalue weighted by Gasteiger charge is -2.08. The van der Waals surface area contributed by atoms with E-state index in [0.717, 1.165) is 15.8 Å². The van der Waals surface area contributed by atoms with Crippen molar-refractivity contribution < 1.29 is 14.3 Å². The number of methoxy groups -OCH3 is 2. The zero-order valence-corrected chi connectivity index (χ0v) is 13.5. The normalized spacial score (nSPS) is 10.3. The largest absolute Gasteiger partial charge is 0.496 e. The van der Waals surface area contributed by atoms with Crippen LogP contribution in [-0.4, -0.2) is 39.8 Å². The number of nitrogens with one attached hydrogen (secondary N) is 2. The van der Waals surface area contributed by atoms with Crippen molar-refractivity contribution in [1.29, 1.82) is 0 Å². The predicted molar refractivity (Wildman–Crippen MR) is 81.9 cm³/mol. The van der Waals surface area contributed by atoms with E-state index in [1.165, 1.54) is 0 Å². The van der Waals surface area contributed by atoms with Gasteiger partial charge in [-0.15, -0.1) is 0 Å². The molecule has 5 nitrogen and oxygen atoms in total. The van der Waals surface area contributed by atoms with Crippen molar-refractivity contribution in [2.24, 2.45) is 0 Å². The molecule has 0 bridgehead atoms. The second kappa shape index (κ2) is 9.74. The van der Waals surface area contributed by atoms with Crippen molar-refractivity contribution in [3.05, 3.63) is 28.2 Å². The number of ether oxygens (including phenoxy) is 2. The molecule has 1 rings (SSSR count). The second-order valence-electron chi connectivity index (χ2n) is 4.24. The van der Waals surface area contributed by atoms with Crippen LogP contribution in [0.3, 0.4) is 0 Å². The van der Waals surface area contributed by atoms with Crippen molar-refractivity contribution >= 4 is 21.8 Å². The van der Waals surface area contributed by atoms with Gasteiger partial charge in [-0.1, -0.05) is 6.07 Å². The number of halogens is 1. The summed E-state index contributed by atoms with van der Waals surface area (Å²) in [5.41, 5.74) is 1.14. The quantitative estimate of drug-likeness (QED) is 0.669. The first-order valence-corrected chi connectivity index (χ1v) is 7.25. The lowest BCUT2D eigenvalue weighted by atomic mass is 10.2. The van der Waals surface area contributed by atoms with Crippen molar-refractivity contribution in [3.63, 3.8) is 0 Å². The first-order chi connectivity index (χ1) is 9.67. The van der Waals surface area contributed by atoms with Gasteiger partial charge in [0.15, 0.2) is 0 Å². The highest BCUT2D eigenvalue weighted by Gasteiger charge is 2.02. The molecule has 0 heterocycles. The molecule has 0 radical (unpaired) electrons. The van der Waals surface area contributed by atoms with Gasteiger partial charge < -0.3 is 20.1 Å². The van der Waals surface area contributed by atoms with E-state index < -0.39 is 0 Å². The minimum atomic E-state index is 0.0328. The van der Waals surface area contributed by atoms with E-state index in [1.807, 2.05) is 18.2 Å². The Bertz CT molecular complexity index is 427. The average Bonchev–Trinajstić information content (AvgIpc) is 2.44. The van der Waals surface area contributed by atoms with Gasteiger partial charge in [0.05, 0.1) is 18.2 Å². The van der Waals surface area contributed by atoms with Gasteiger partial charge in [-0.2, -0.15) is 0 Å². The number of carbonyl (C=O) groups is 1. The lowest BCUT2D eigenvalue weighted by molar-refractivity contribution is -0.121. The standard InChI is InChI=1S/C14H21BrN2O3/c1-19-8-7-17-14(18)5-6-16-10-11-3-4-13(20-2)12(15)9-11/h3-4,9,16H,5-8,10H2,1-2H3,(H,17,18). The second-order valence-corrected chi connectivity index (χ2v) is 5.09. The third kappa shape index (κ3) is 6.36. The van der Waals surface area contributed by atoms with Crippen LogP contribution in [0.2, 0.25) is 0 Å². The Morgan fingerprint density at radius 2 is 2.10 bits per heavy atom. The molecule has 1 amide bonds. The predicted octanol–water partition coefficient (Wildman–Crippen LogP) is 1.70. The smallest absolute Gasteiger partial charge is 0.221 e. The number of carbonyl (C=O) groups excluding carboxylic acids is 1. The molecular weight excluding hydrogens is 324 g/mol. The number of benzene rings is 1. The average molecular weight is 345 g/mol. The van der Waals surface area contributed by atoms with E-state index in [2.05, 4.69) is 26.6 Å². The van der Waals surface area contributed by atoms with Crippen LogP contribution >= 0.6 is 15.9 Å². The van der Waals surface area contributed by atoms with Crippen LogP contribution in [0.1, 0.15) is 12.0 Å². The zero-order valence-electron chi connectivity index (χ0n) is 11.9. The molecule has 0 fully saturated rings. The van der Waals surface area contributed by atoms with Gasteiger partial charge in [0, 0.05) is 33.2 Å². The number of rotatable bonds is 9. The summed E-state index contributed by atoms with van der Waals surface area (Å²) in [7, 11) is 3.25. The van der Waals surface area contributed by atoms with Gasteiger partial charge in [-0.3, -0.25) is 4.79 Å². The molecule has 0 aliphatic rings. The molecule has 1 aromatic carbocycles. The van der Waals surface area contributed by atoms with Gasteiger partial charge in [0.1, 0.15) is 5.75 Å². The highest BCUT2D eigenvalue weighted by Crippen LogP contribution is 2.25. The topological polar surface area (TPSA) is 59.6 Å². The minimum Gasteiger partial charge on any atom is -0.496 e. The maximum absolute atomic E-state index is 11.4. The zero-order chi connectivity index (χ0) is 14.8. The first-order valence-electron chi connectivity index (χ1n) is 6.46. The lowest BCUT2D eigenvalue weighted by Crippen LogP contribution is -2.29. The Kier molecular flexibility index (Phi) is 8.25.